The molecule has 0 aromatic carbocycles. The van der Waals surface area contributed by atoms with Crippen molar-refractivity contribution in [3.63, 3.8) is 0 Å². The monoisotopic (exact) mass is 826 g/mol. The Labute approximate surface area is 369 Å². The molecular formula is C55H103NO3. The molecule has 1 amide bonds. The van der Waals surface area contributed by atoms with Gasteiger partial charge in [-0.05, 0) is 57.8 Å². The first-order valence-electron chi connectivity index (χ1n) is 26.4. The largest absolute Gasteiger partial charge is 0.394 e. The minimum Gasteiger partial charge on any atom is -0.394 e. The lowest BCUT2D eigenvalue weighted by Crippen LogP contribution is -2.45. The van der Waals surface area contributed by atoms with Crippen molar-refractivity contribution in [2.24, 2.45) is 0 Å². The number of allylic oxidation sites excluding steroid dienone is 7. The molecule has 3 N–H and O–H groups in total. The van der Waals surface area contributed by atoms with Gasteiger partial charge in [0.2, 0.25) is 5.91 Å². The van der Waals surface area contributed by atoms with Gasteiger partial charge in [-0.1, -0.05) is 262 Å². The molecular weight excluding hydrogens is 723 g/mol. The van der Waals surface area contributed by atoms with Crippen LogP contribution in [0, 0.1) is 0 Å². The van der Waals surface area contributed by atoms with Crippen molar-refractivity contribution in [3.05, 3.63) is 48.6 Å². The fourth-order valence-electron chi connectivity index (χ4n) is 8.01. The van der Waals surface area contributed by atoms with E-state index >= 15 is 0 Å². The van der Waals surface area contributed by atoms with E-state index in [-0.39, 0.29) is 12.5 Å². The van der Waals surface area contributed by atoms with Crippen molar-refractivity contribution in [1.29, 1.82) is 0 Å². The first kappa shape index (κ1) is 57.3. The Bertz CT molecular complexity index is 939. The molecule has 0 aliphatic rings. The molecule has 0 aliphatic carbocycles. The highest BCUT2D eigenvalue weighted by molar-refractivity contribution is 5.76. The van der Waals surface area contributed by atoms with Gasteiger partial charge in [0.05, 0.1) is 18.8 Å². The summed E-state index contributed by atoms with van der Waals surface area (Å²) in [6.07, 6.45) is 69.6. The van der Waals surface area contributed by atoms with Crippen LogP contribution in [-0.2, 0) is 4.79 Å². The Kier molecular flexibility index (Phi) is 49.3. The van der Waals surface area contributed by atoms with E-state index in [1.807, 2.05) is 6.08 Å². The second-order valence-electron chi connectivity index (χ2n) is 17.9. The van der Waals surface area contributed by atoms with Crippen LogP contribution in [0.15, 0.2) is 48.6 Å². The van der Waals surface area contributed by atoms with Crippen molar-refractivity contribution in [1.82, 2.24) is 5.32 Å². The fourth-order valence-corrected chi connectivity index (χ4v) is 8.01. The van der Waals surface area contributed by atoms with Gasteiger partial charge >= 0.3 is 0 Å². The SMILES string of the molecule is CCCCCCC/C=C\C/C=C\C/C=C\CCCCCCCCCCCCCCCCC(=O)NC(CO)C(O)/C=C/CCCCCCCCCCCCCCCCCC. The third-order valence-corrected chi connectivity index (χ3v) is 12.1. The van der Waals surface area contributed by atoms with Gasteiger partial charge in [0.25, 0.3) is 0 Å². The molecule has 0 aromatic heterocycles. The number of nitrogens with one attached hydrogen (secondary N) is 1. The summed E-state index contributed by atoms with van der Waals surface area (Å²) in [6, 6.07) is -0.623. The number of rotatable bonds is 48. The predicted octanol–water partition coefficient (Wildman–Crippen LogP) is 17.1. The van der Waals surface area contributed by atoms with Gasteiger partial charge in [-0.2, -0.15) is 0 Å². The Balaban J connectivity index is 3.51. The molecule has 0 aliphatic heterocycles. The average molecular weight is 826 g/mol. The van der Waals surface area contributed by atoms with Gasteiger partial charge < -0.3 is 15.5 Å². The van der Waals surface area contributed by atoms with E-state index in [4.69, 9.17) is 0 Å². The lowest BCUT2D eigenvalue weighted by atomic mass is 10.0. The molecule has 0 bridgehead atoms. The summed E-state index contributed by atoms with van der Waals surface area (Å²) in [4.78, 5) is 12.4. The molecule has 0 saturated heterocycles. The van der Waals surface area contributed by atoms with E-state index in [0.29, 0.717) is 6.42 Å². The number of aliphatic hydroxyl groups is 2. The Morgan fingerprint density at radius 3 is 1.03 bits per heavy atom. The maximum atomic E-state index is 12.4. The highest BCUT2D eigenvalue weighted by atomic mass is 16.3. The van der Waals surface area contributed by atoms with Gasteiger partial charge in [-0.15, -0.1) is 0 Å². The zero-order valence-electron chi connectivity index (χ0n) is 39.8. The lowest BCUT2D eigenvalue weighted by molar-refractivity contribution is -0.123. The third-order valence-electron chi connectivity index (χ3n) is 12.1. The number of hydrogen-bond donors (Lipinski definition) is 3. The van der Waals surface area contributed by atoms with E-state index < -0.39 is 12.1 Å². The number of unbranched alkanes of at least 4 members (excludes halogenated alkanes) is 35. The summed E-state index contributed by atoms with van der Waals surface area (Å²) in [5, 5.41) is 23.1. The summed E-state index contributed by atoms with van der Waals surface area (Å²) in [5.41, 5.74) is 0. The lowest BCUT2D eigenvalue weighted by Gasteiger charge is -2.20. The minimum atomic E-state index is -0.840. The van der Waals surface area contributed by atoms with Gasteiger partial charge in [-0.25, -0.2) is 0 Å². The standard InChI is InChI=1S/C55H103NO3/c1-3-5-7-9-11-13-15-17-19-21-23-24-25-26-27-28-29-30-31-32-33-35-37-39-41-43-45-47-49-51-55(59)56-53(52-57)54(58)50-48-46-44-42-40-38-36-34-22-20-18-16-14-12-10-8-6-4-2/h15,17,21,23,25-26,48,50,53-54,57-58H,3-14,16,18-20,22,24,27-47,49,51-52H2,1-2H3,(H,56,59)/b17-15-,23-21-,26-25-,50-48+. The quantitative estimate of drug-likeness (QED) is 0.0423. The normalized spacial score (nSPS) is 13.2. The fraction of sp³-hybridized carbons (Fsp3) is 0.836. The van der Waals surface area contributed by atoms with Crippen molar-refractivity contribution in [2.75, 3.05) is 6.61 Å². The highest BCUT2D eigenvalue weighted by Crippen LogP contribution is 2.16. The summed E-state index contributed by atoms with van der Waals surface area (Å²) in [7, 11) is 0. The first-order chi connectivity index (χ1) is 29.2. The van der Waals surface area contributed by atoms with Crippen LogP contribution in [-0.4, -0.2) is 34.9 Å². The van der Waals surface area contributed by atoms with E-state index in [9.17, 15) is 15.0 Å². The first-order valence-corrected chi connectivity index (χ1v) is 26.4. The summed E-state index contributed by atoms with van der Waals surface area (Å²) in [5.74, 6) is -0.0629. The number of hydrogen-bond acceptors (Lipinski definition) is 3. The molecule has 346 valence electrons. The van der Waals surface area contributed by atoms with Crippen LogP contribution in [0.5, 0.6) is 0 Å². The van der Waals surface area contributed by atoms with Crippen molar-refractivity contribution < 1.29 is 15.0 Å². The highest BCUT2D eigenvalue weighted by Gasteiger charge is 2.18. The molecule has 59 heavy (non-hydrogen) atoms. The van der Waals surface area contributed by atoms with Crippen LogP contribution in [0.4, 0.5) is 0 Å². The van der Waals surface area contributed by atoms with Crippen LogP contribution in [0.3, 0.4) is 0 Å². The molecule has 0 aromatic rings. The second kappa shape index (κ2) is 50.7. The maximum Gasteiger partial charge on any atom is 0.220 e. The van der Waals surface area contributed by atoms with E-state index in [2.05, 4.69) is 55.6 Å². The van der Waals surface area contributed by atoms with Crippen LogP contribution >= 0.6 is 0 Å². The van der Waals surface area contributed by atoms with Crippen LogP contribution < -0.4 is 5.32 Å². The van der Waals surface area contributed by atoms with Gasteiger partial charge in [0, 0.05) is 6.42 Å². The maximum absolute atomic E-state index is 12.4. The zero-order valence-corrected chi connectivity index (χ0v) is 39.8. The molecule has 2 atom stereocenters. The van der Waals surface area contributed by atoms with E-state index in [1.54, 1.807) is 6.08 Å². The van der Waals surface area contributed by atoms with Crippen LogP contribution in [0.25, 0.3) is 0 Å². The third kappa shape index (κ3) is 47.3. The van der Waals surface area contributed by atoms with E-state index in [0.717, 1.165) is 38.5 Å². The topological polar surface area (TPSA) is 69.6 Å². The number of carbonyl (C=O) groups excluding carboxylic acids is 1. The Morgan fingerprint density at radius 1 is 0.407 bits per heavy atom. The number of amides is 1. The average Bonchev–Trinajstić information content (AvgIpc) is 3.24. The second-order valence-corrected chi connectivity index (χ2v) is 17.9. The van der Waals surface area contributed by atoms with Crippen LogP contribution in [0.1, 0.15) is 277 Å². The minimum absolute atomic E-state index is 0.0629. The van der Waals surface area contributed by atoms with Gasteiger partial charge in [-0.3, -0.25) is 4.79 Å². The van der Waals surface area contributed by atoms with Crippen molar-refractivity contribution >= 4 is 5.91 Å². The number of aliphatic hydroxyl groups excluding tert-OH is 2. The van der Waals surface area contributed by atoms with Gasteiger partial charge in [0.15, 0.2) is 0 Å². The molecule has 0 spiro atoms. The van der Waals surface area contributed by atoms with Crippen LogP contribution in [0.2, 0.25) is 0 Å². The molecule has 4 nitrogen and oxygen atoms in total. The summed E-state index contributed by atoms with van der Waals surface area (Å²) >= 11 is 0. The Hall–Kier alpha value is -1.65. The zero-order chi connectivity index (χ0) is 42.8. The smallest absolute Gasteiger partial charge is 0.220 e. The molecule has 0 rings (SSSR count). The van der Waals surface area contributed by atoms with Crippen molar-refractivity contribution in [3.8, 4) is 0 Å². The predicted molar refractivity (Wildman–Crippen MR) is 262 cm³/mol. The molecule has 2 unspecified atom stereocenters. The molecule has 0 fully saturated rings. The molecule has 4 heteroatoms. The summed E-state index contributed by atoms with van der Waals surface area (Å²) < 4.78 is 0. The summed E-state index contributed by atoms with van der Waals surface area (Å²) in [6.45, 7) is 4.32. The van der Waals surface area contributed by atoms with Gasteiger partial charge in [0.1, 0.15) is 0 Å². The van der Waals surface area contributed by atoms with E-state index in [1.165, 1.54) is 218 Å². The molecule has 0 saturated carbocycles. The molecule has 0 radical (unpaired) electrons. The number of carbonyl (C=O) groups is 1. The molecule has 0 heterocycles. The Morgan fingerprint density at radius 2 is 0.695 bits per heavy atom. The van der Waals surface area contributed by atoms with Crippen molar-refractivity contribution in [2.45, 2.75) is 289 Å².